The highest BCUT2D eigenvalue weighted by Crippen LogP contribution is 2.14. The van der Waals surface area contributed by atoms with Gasteiger partial charge in [0.05, 0.1) is 4.60 Å². The molecule has 2 heteroatoms. The van der Waals surface area contributed by atoms with Crippen LogP contribution >= 0.6 is 15.9 Å². The van der Waals surface area contributed by atoms with E-state index >= 15 is 0 Å². The summed E-state index contributed by atoms with van der Waals surface area (Å²) in [5, 5.41) is 0. The third kappa shape index (κ3) is 10.5. The zero-order valence-electron chi connectivity index (χ0n) is 14.7. The fourth-order valence-corrected chi connectivity index (χ4v) is 3.50. The lowest BCUT2D eigenvalue weighted by atomic mass is 10.0. The smallest absolute Gasteiger partial charge is 0.0846 e. The molecule has 0 bridgehead atoms. The van der Waals surface area contributed by atoms with Gasteiger partial charge in [0.25, 0.3) is 0 Å². The van der Waals surface area contributed by atoms with Crippen molar-refractivity contribution >= 4 is 15.9 Å². The van der Waals surface area contributed by atoms with E-state index < -0.39 is 0 Å². The summed E-state index contributed by atoms with van der Waals surface area (Å²) >= 11 is 3.57. The minimum atomic E-state index is 1.16. The second-order valence-electron chi connectivity index (χ2n) is 6.62. The highest BCUT2D eigenvalue weighted by atomic mass is 79.9. The van der Waals surface area contributed by atoms with Crippen LogP contribution in [0.3, 0.4) is 0 Å². The number of nitrogens with zero attached hydrogens (tertiary/aromatic N) is 1. The number of halogens is 1. The fraction of sp³-hybridized carbons (Fsp3) is 0.800. The van der Waals surface area contributed by atoms with Crippen molar-refractivity contribution in [3.05, 3.63) is 22.9 Å². The molecule has 0 aliphatic rings. The maximum atomic E-state index is 3.57. The van der Waals surface area contributed by atoms with Crippen LogP contribution in [0.15, 0.2) is 22.9 Å². The summed E-state index contributed by atoms with van der Waals surface area (Å²) in [7, 11) is 0. The number of aryl methyl sites for hydroxylation is 1. The van der Waals surface area contributed by atoms with E-state index in [0.717, 1.165) is 6.54 Å². The van der Waals surface area contributed by atoms with Crippen LogP contribution < -0.4 is 0 Å². The van der Waals surface area contributed by atoms with Gasteiger partial charge in [-0.1, -0.05) is 90.4 Å². The molecule has 0 saturated carbocycles. The molecule has 0 atom stereocenters. The van der Waals surface area contributed by atoms with E-state index in [2.05, 4.69) is 45.8 Å². The highest BCUT2D eigenvalue weighted by molar-refractivity contribution is 9.10. The lowest BCUT2D eigenvalue weighted by Gasteiger charge is -2.05. The summed E-state index contributed by atoms with van der Waals surface area (Å²) in [6, 6.07) is 4.22. The number of rotatable bonds is 15. The first-order valence-corrected chi connectivity index (χ1v) is 10.4. The fourth-order valence-electron chi connectivity index (χ4n) is 3.05. The van der Waals surface area contributed by atoms with Crippen molar-refractivity contribution in [3.8, 4) is 0 Å². The molecule has 0 N–H and O–H groups in total. The molecule has 0 aliphatic carbocycles. The second-order valence-corrected chi connectivity index (χ2v) is 7.43. The Morgan fingerprint density at radius 1 is 0.727 bits per heavy atom. The van der Waals surface area contributed by atoms with E-state index in [4.69, 9.17) is 0 Å². The molecule has 1 heterocycles. The summed E-state index contributed by atoms with van der Waals surface area (Å²) in [5.74, 6) is 0. The first-order chi connectivity index (χ1) is 10.8. The van der Waals surface area contributed by atoms with Gasteiger partial charge >= 0.3 is 0 Å². The molecule has 0 radical (unpaired) electrons. The molecule has 0 aliphatic heterocycles. The van der Waals surface area contributed by atoms with Crippen molar-refractivity contribution in [3.63, 3.8) is 0 Å². The lowest BCUT2D eigenvalue weighted by Crippen LogP contribution is -1.95. The summed E-state index contributed by atoms with van der Waals surface area (Å²) in [5.41, 5.74) is 0. The Labute approximate surface area is 147 Å². The number of unbranched alkanes of at least 4 members (excludes halogenated alkanes) is 13. The van der Waals surface area contributed by atoms with Crippen molar-refractivity contribution in [1.29, 1.82) is 0 Å². The predicted molar refractivity (Wildman–Crippen MR) is 102 cm³/mol. The molecule has 1 rings (SSSR count). The van der Waals surface area contributed by atoms with Crippen LogP contribution in [0.1, 0.15) is 96.8 Å². The summed E-state index contributed by atoms with van der Waals surface area (Å²) in [6.45, 7) is 3.45. The highest BCUT2D eigenvalue weighted by Gasteiger charge is 1.97. The molecular weight excluding hydrogens is 334 g/mol. The van der Waals surface area contributed by atoms with Gasteiger partial charge < -0.3 is 4.57 Å². The van der Waals surface area contributed by atoms with Crippen LogP contribution in [-0.4, -0.2) is 4.57 Å². The molecule has 1 aromatic rings. The SMILES string of the molecule is CCCCCCCCCCCCCCCCn1cccc1Br. The van der Waals surface area contributed by atoms with Gasteiger partial charge in [0.15, 0.2) is 0 Å². The molecule has 0 fully saturated rings. The van der Waals surface area contributed by atoms with E-state index in [1.807, 2.05) is 0 Å². The molecule has 1 nitrogen and oxygen atoms in total. The van der Waals surface area contributed by atoms with Crippen molar-refractivity contribution < 1.29 is 0 Å². The van der Waals surface area contributed by atoms with Crippen LogP contribution in [-0.2, 0) is 6.54 Å². The maximum absolute atomic E-state index is 3.57. The van der Waals surface area contributed by atoms with Crippen molar-refractivity contribution in [2.45, 2.75) is 103 Å². The van der Waals surface area contributed by atoms with E-state index in [1.165, 1.54) is 94.5 Å². The first kappa shape index (κ1) is 19.8. The predicted octanol–water partition coefficient (Wildman–Crippen LogP) is 7.73. The van der Waals surface area contributed by atoms with Gasteiger partial charge in [-0.15, -0.1) is 0 Å². The number of hydrogen-bond acceptors (Lipinski definition) is 0. The minimum absolute atomic E-state index is 1.16. The van der Waals surface area contributed by atoms with E-state index in [-0.39, 0.29) is 0 Å². The molecule has 0 spiro atoms. The Bertz CT molecular complexity index is 345. The average Bonchev–Trinajstić information content (AvgIpc) is 2.93. The molecule has 0 saturated heterocycles. The first-order valence-electron chi connectivity index (χ1n) is 9.65. The van der Waals surface area contributed by atoms with E-state index in [9.17, 15) is 0 Å². The van der Waals surface area contributed by atoms with Crippen LogP contribution in [0.2, 0.25) is 0 Å². The number of hydrogen-bond donors (Lipinski definition) is 0. The zero-order chi connectivity index (χ0) is 15.9. The molecule has 1 aromatic heterocycles. The Kier molecular flexibility index (Phi) is 12.9. The Balaban J connectivity index is 1.74. The minimum Gasteiger partial charge on any atom is -0.342 e. The summed E-state index contributed by atoms with van der Waals surface area (Å²) in [4.78, 5) is 0. The van der Waals surface area contributed by atoms with Crippen LogP contribution in [0, 0.1) is 0 Å². The Hall–Kier alpha value is -0.240. The molecular formula is C20H36BrN. The Morgan fingerprint density at radius 2 is 1.18 bits per heavy atom. The third-order valence-electron chi connectivity index (χ3n) is 4.53. The largest absolute Gasteiger partial charge is 0.342 e. The quantitative estimate of drug-likeness (QED) is 0.278. The second kappa shape index (κ2) is 14.4. The van der Waals surface area contributed by atoms with Crippen LogP contribution in [0.25, 0.3) is 0 Å². The number of aromatic nitrogens is 1. The van der Waals surface area contributed by atoms with Gasteiger partial charge in [-0.05, 0) is 34.5 Å². The molecule has 22 heavy (non-hydrogen) atoms. The summed E-state index contributed by atoms with van der Waals surface area (Å²) < 4.78 is 3.50. The molecule has 0 amide bonds. The Morgan fingerprint density at radius 3 is 1.59 bits per heavy atom. The van der Waals surface area contributed by atoms with Gasteiger partial charge in [-0.25, -0.2) is 0 Å². The van der Waals surface area contributed by atoms with Crippen LogP contribution in [0.5, 0.6) is 0 Å². The molecule has 128 valence electrons. The van der Waals surface area contributed by atoms with Gasteiger partial charge in [-0.2, -0.15) is 0 Å². The third-order valence-corrected chi connectivity index (χ3v) is 5.25. The van der Waals surface area contributed by atoms with Gasteiger partial charge in [0, 0.05) is 12.7 Å². The van der Waals surface area contributed by atoms with Crippen molar-refractivity contribution in [2.24, 2.45) is 0 Å². The molecule has 0 unspecified atom stereocenters. The lowest BCUT2D eigenvalue weighted by molar-refractivity contribution is 0.523. The maximum Gasteiger partial charge on any atom is 0.0846 e. The van der Waals surface area contributed by atoms with Gasteiger partial charge in [0.1, 0.15) is 0 Å². The molecule has 0 aromatic carbocycles. The summed E-state index contributed by atoms with van der Waals surface area (Å²) in [6.07, 6.45) is 22.2. The average molecular weight is 370 g/mol. The normalized spacial score (nSPS) is 11.2. The van der Waals surface area contributed by atoms with E-state index in [0.29, 0.717) is 0 Å². The van der Waals surface area contributed by atoms with Crippen molar-refractivity contribution in [1.82, 2.24) is 4.57 Å². The van der Waals surface area contributed by atoms with E-state index in [1.54, 1.807) is 0 Å². The zero-order valence-corrected chi connectivity index (χ0v) is 16.2. The standard InChI is InChI=1S/C20H36BrN/c1-2-3-4-5-6-7-8-9-10-11-12-13-14-15-18-22-19-16-17-20(22)21/h16-17,19H,2-15,18H2,1H3. The van der Waals surface area contributed by atoms with Gasteiger partial charge in [-0.3, -0.25) is 0 Å². The van der Waals surface area contributed by atoms with Crippen molar-refractivity contribution in [2.75, 3.05) is 0 Å². The van der Waals surface area contributed by atoms with Gasteiger partial charge in [0.2, 0.25) is 0 Å². The topological polar surface area (TPSA) is 4.93 Å². The monoisotopic (exact) mass is 369 g/mol. The van der Waals surface area contributed by atoms with Crippen LogP contribution in [0.4, 0.5) is 0 Å².